The summed E-state index contributed by atoms with van der Waals surface area (Å²) in [4.78, 5) is 52.5. The molecule has 283 valence electrons. The SMILES string of the molecule is CC.CN1CCCC1c1cc(C=N)c(/C=C/c2ccc(CCCCC#Cc3ccc4c(c3)CN(C3CCC(=O)NC3=O)C4=O)cc2F)[nH]1.NC=O.[CH3-].[Re]. The number of aryl methyl sites for hydroxylation is 1. The number of H-pyrrole nitrogens is 1. The molecule has 1 aromatic heterocycles. The molecule has 2 fully saturated rings. The van der Waals surface area contributed by atoms with Gasteiger partial charge in [-0.2, -0.15) is 0 Å². The van der Waals surface area contributed by atoms with Crippen LogP contribution in [0.25, 0.3) is 12.2 Å². The van der Waals surface area contributed by atoms with Crippen molar-refractivity contribution in [1.82, 2.24) is 20.1 Å². The van der Waals surface area contributed by atoms with Crippen molar-refractivity contribution in [1.29, 1.82) is 5.41 Å². The number of halogens is 1. The number of hydrogen-bond donors (Lipinski definition) is 4. The Bertz CT molecular complexity index is 1840. The third kappa shape index (κ3) is 11.4. The van der Waals surface area contributed by atoms with Gasteiger partial charge < -0.3 is 28.5 Å². The summed E-state index contributed by atoms with van der Waals surface area (Å²) in [6.07, 6.45) is 11.2. The maximum atomic E-state index is 14.9. The molecule has 1 radical (unpaired) electrons. The van der Waals surface area contributed by atoms with Gasteiger partial charge in [0.1, 0.15) is 11.9 Å². The van der Waals surface area contributed by atoms with Gasteiger partial charge in [0.05, 0.1) is 0 Å². The van der Waals surface area contributed by atoms with Gasteiger partial charge in [-0.15, -0.1) is 0 Å². The average Bonchev–Trinajstić information content (AvgIpc) is 3.83. The molecule has 53 heavy (non-hydrogen) atoms. The molecule has 3 aromatic rings. The average molecular weight is 896 g/mol. The van der Waals surface area contributed by atoms with Crippen molar-refractivity contribution >= 4 is 42.5 Å². The molecule has 2 aromatic carbocycles. The van der Waals surface area contributed by atoms with E-state index in [1.54, 1.807) is 24.3 Å². The molecular formula is C41H50FN6O4Re-. The Labute approximate surface area is 326 Å². The Kier molecular flexibility index (Phi) is 18.3. The topological polar surface area (TPSA) is 152 Å². The quantitative estimate of drug-likeness (QED) is 0.0505. The summed E-state index contributed by atoms with van der Waals surface area (Å²) < 4.78 is 14.9. The largest absolute Gasteiger partial charge is 0.372 e. The van der Waals surface area contributed by atoms with E-state index < -0.39 is 11.9 Å². The van der Waals surface area contributed by atoms with Crippen LogP contribution >= 0.6 is 0 Å². The molecule has 0 saturated carbocycles. The number of nitrogens with zero attached hydrogens (tertiary/aromatic N) is 2. The van der Waals surface area contributed by atoms with Crippen LogP contribution in [-0.2, 0) is 47.8 Å². The number of likely N-dealkylation sites (tertiary alicyclic amines) is 1. The van der Waals surface area contributed by atoms with Gasteiger partial charge in [0.2, 0.25) is 18.2 Å². The van der Waals surface area contributed by atoms with Crippen LogP contribution < -0.4 is 11.1 Å². The molecule has 5 N–H and O–H groups in total. The van der Waals surface area contributed by atoms with Crippen molar-refractivity contribution in [2.24, 2.45) is 5.73 Å². The predicted molar refractivity (Wildman–Crippen MR) is 204 cm³/mol. The molecule has 2 saturated heterocycles. The van der Waals surface area contributed by atoms with Crippen molar-refractivity contribution in [2.75, 3.05) is 13.6 Å². The first-order valence-electron chi connectivity index (χ1n) is 17.5. The number of rotatable bonds is 9. The summed E-state index contributed by atoms with van der Waals surface area (Å²) in [7, 11) is 2.12. The van der Waals surface area contributed by atoms with E-state index in [1.807, 2.05) is 44.2 Å². The smallest absolute Gasteiger partial charge is 0.255 e. The monoisotopic (exact) mass is 896 g/mol. The van der Waals surface area contributed by atoms with Crippen LogP contribution in [0.4, 0.5) is 4.39 Å². The maximum absolute atomic E-state index is 14.9. The van der Waals surface area contributed by atoms with Gasteiger partial charge in [-0.3, -0.25) is 29.4 Å². The molecule has 0 spiro atoms. The van der Waals surface area contributed by atoms with E-state index >= 15 is 0 Å². The summed E-state index contributed by atoms with van der Waals surface area (Å²) in [5, 5.41) is 10.1. The Morgan fingerprint density at radius 1 is 1.02 bits per heavy atom. The molecule has 6 rings (SSSR count). The van der Waals surface area contributed by atoms with Gasteiger partial charge in [0.15, 0.2) is 0 Å². The van der Waals surface area contributed by atoms with E-state index in [-0.39, 0.29) is 58.3 Å². The van der Waals surface area contributed by atoms with Crippen LogP contribution in [0.2, 0.25) is 0 Å². The number of aromatic amines is 1. The second-order valence-electron chi connectivity index (χ2n) is 12.5. The van der Waals surface area contributed by atoms with Gasteiger partial charge in [-0.1, -0.05) is 37.8 Å². The Morgan fingerprint density at radius 3 is 2.43 bits per heavy atom. The minimum Gasteiger partial charge on any atom is -0.372 e. The maximum Gasteiger partial charge on any atom is 0.255 e. The second-order valence-corrected chi connectivity index (χ2v) is 12.5. The zero-order valence-electron chi connectivity index (χ0n) is 30.9. The van der Waals surface area contributed by atoms with Crippen LogP contribution in [0.15, 0.2) is 42.5 Å². The van der Waals surface area contributed by atoms with E-state index in [9.17, 15) is 18.8 Å². The van der Waals surface area contributed by atoms with Gasteiger partial charge >= 0.3 is 0 Å². The molecule has 0 bridgehead atoms. The molecule has 2 unspecified atom stereocenters. The van der Waals surface area contributed by atoms with Gasteiger partial charge in [0, 0.05) is 85.7 Å². The van der Waals surface area contributed by atoms with Crippen molar-refractivity contribution in [3.8, 4) is 11.8 Å². The molecule has 3 aliphatic rings. The fraction of sp³-hybridized carbons (Fsp3) is 0.366. The molecule has 0 aliphatic carbocycles. The van der Waals surface area contributed by atoms with E-state index in [2.05, 4.69) is 39.8 Å². The normalized spacial score (nSPS) is 17.5. The minimum atomic E-state index is -0.629. The number of carbonyl (C=O) groups is 4. The Balaban J connectivity index is 0.00000132. The molecule has 2 atom stereocenters. The number of piperidine rings is 1. The van der Waals surface area contributed by atoms with Crippen molar-refractivity contribution in [3.05, 3.63) is 100 Å². The number of carbonyl (C=O) groups excluding carboxylic acids is 4. The van der Waals surface area contributed by atoms with Gasteiger partial charge in [-0.25, -0.2) is 4.39 Å². The van der Waals surface area contributed by atoms with E-state index in [4.69, 9.17) is 10.2 Å². The van der Waals surface area contributed by atoms with Crippen LogP contribution in [0.5, 0.6) is 0 Å². The number of fused-ring (bicyclic) bond motifs is 1. The fourth-order valence-corrected chi connectivity index (χ4v) is 6.64. The van der Waals surface area contributed by atoms with Crippen molar-refractivity contribution in [2.45, 2.75) is 83.8 Å². The molecule has 4 heterocycles. The zero-order chi connectivity index (χ0) is 36.9. The number of unbranched alkanes of at least 4 members (excludes halogenated alkanes) is 2. The predicted octanol–water partition coefficient (Wildman–Crippen LogP) is 6.19. The molecule has 3 aliphatic heterocycles. The van der Waals surface area contributed by atoms with Crippen LogP contribution in [0, 0.1) is 30.5 Å². The summed E-state index contributed by atoms with van der Waals surface area (Å²) >= 11 is 0. The van der Waals surface area contributed by atoms with Crippen LogP contribution in [-0.4, -0.2) is 64.8 Å². The van der Waals surface area contributed by atoms with Gasteiger partial charge in [-0.05, 0) is 106 Å². The molecule has 12 heteroatoms. The number of aromatic nitrogens is 1. The minimum absolute atomic E-state index is 0. The Morgan fingerprint density at radius 2 is 1.77 bits per heavy atom. The fourth-order valence-electron chi connectivity index (χ4n) is 6.64. The number of amides is 4. The van der Waals surface area contributed by atoms with E-state index in [1.165, 1.54) is 11.1 Å². The summed E-state index contributed by atoms with van der Waals surface area (Å²) in [6.45, 7) is 5.39. The molecular weight excluding hydrogens is 846 g/mol. The zero-order valence-corrected chi connectivity index (χ0v) is 33.7. The van der Waals surface area contributed by atoms with E-state index in [0.717, 1.165) is 72.3 Å². The molecule has 4 amide bonds. The number of hydrogen-bond acceptors (Lipinski definition) is 6. The Hall–Kier alpha value is -4.68. The summed E-state index contributed by atoms with van der Waals surface area (Å²) in [6, 6.07) is 12.6. The molecule has 10 nitrogen and oxygen atoms in total. The van der Waals surface area contributed by atoms with Gasteiger partial charge in [0.25, 0.3) is 5.91 Å². The summed E-state index contributed by atoms with van der Waals surface area (Å²) in [5.41, 5.74) is 10.6. The van der Waals surface area contributed by atoms with Crippen molar-refractivity contribution in [3.63, 3.8) is 0 Å². The number of primary amides is 1. The second kappa shape index (κ2) is 21.8. The first-order chi connectivity index (χ1) is 24.7. The summed E-state index contributed by atoms with van der Waals surface area (Å²) in [5.74, 6) is 5.21. The first-order valence-corrected chi connectivity index (χ1v) is 17.5. The number of imide groups is 1. The standard InChI is InChI=1S/C37H38FN5O3.C2H6.CH3NO.CH3.Re/c1-42-18-6-9-33(42)32-21-27(22-39)31(40-32)15-13-26-12-10-25(20-30(26)38)8-5-3-2-4-7-24-11-14-29-28(19-24)23-43(37(29)46)34-16-17-35(44)41-36(34)45;1-2;2-1-3;;/h10-15,19-22,33-34,39-40H,2-3,5-6,8-9,16-18,23H2,1H3,(H,41,44,45);1-2H3;1H,(H2,2,3);1H3;/q;;;-1;/b15-13+,39-22?;;;;. The number of benzene rings is 2. The third-order valence-electron chi connectivity index (χ3n) is 9.20. The van der Waals surface area contributed by atoms with Crippen molar-refractivity contribution < 1.29 is 44.0 Å². The van der Waals surface area contributed by atoms with Crippen LogP contribution in [0.1, 0.15) is 114 Å². The number of nitrogens with one attached hydrogen (secondary N) is 3. The van der Waals surface area contributed by atoms with Crippen LogP contribution in [0.3, 0.4) is 0 Å². The van der Waals surface area contributed by atoms with E-state index in [0.29, 0.717) is 36.6 Å². The third-order valence-corrected chi connectivity index (χ3v) is 9.20. The first kappa shape index (κ1) is 44.5. The number of nitrogens with two attached hydrogens (primary N) is 1.